The summed E-state index contributed by atoms with van der Waals surface area (Å²) in [5.74, 6) is 0. The molecule has 1 fully saturated rings. The molecular formula is C17H26N2O3. The van der Waals surface area contributed by atoms with Gasteiger partial charge in [-0.25, -0.2) is 4.79 Å². The van der Waals surface area contributed by atoms with E-state index in [9.17, 15) is 9.90 Å². The van der Waals surface area contributed by atoms with Crippen LogP contribution in [-0.4, -0.2) is 43.0 Å². The quantitative estimate of drug-likeness (QED) is 0.751. The Morgan fingerprint density at radius 2 is 2.05 bits per heavy atom. The van der Waals surface area contributed by atoms with Gasteiger partial charge in [-0.1, -0.05) is 43.2 Å². The summed E-state index contributed by atoms with van der Waals surface area (Å²) in [5, 5.41) is 15.3. The number of nitrogens with one attached hydrogen (secondary N) is 2. The summed E-state index contributed by atoms with van der Waals surface area (Å²) >= 11 is 0. The number of hydrogen-bond acceptors (Lipinski definition) is 3. The van der Waals surface area contributed by atoms with Crippen LogP contribution in [0.15, 0.2) is 30.3 Å². The fraction of sp³-hybridized carbons (Fsp3) is 0.588. The lowest BCUT2D eigenvalue weighted by Crippen LogP contribution is -2.52. The van der Waals surface area contributed by atoms with Gasteiger partial charge in [0.2, 0.25) is 0 Å². The number of carbonyl (C=O) groups excluding carboxylic acids is 1. The Labute approximate surface area is 132 Å². The predicted octanol–water partition coefficient (Wildman–Crippen LogP) is 1.85. The molecule has 0 saturated heterocycles. The number of carbonyl (C=O) groups is 1. The number of amides is 2. The van der Waals surface area contributed by atoms with Gasteiger partial charge in [0.15, 0.2) is 0 Å². The summed E-state index contributed by atoms with van der Waals surface area (Å²) in [7, 11) is 1.69. The monoisotopic (exact) mass is 306 g/mol. The van der Waals surface area contributed by atoms with Crippen molar-refractivity contribution in [1.82, 2.24) is 10.6 Å². The Bertz CT molecular complexity index is 452. The van der Waals surface area contributed by atoms with Gasteiger partial charge in [0, 0.05) is 7.11 Å². The van der Waals surface area contributed by atoms with E-state index in [1.54, 1.807) is 7.11 Å². The van der Waals surface area contributed by atoms with Crippen LogP contribution in [-0.2, 0) is 11.2 Å². The molecule has 22 heavy (non-hydrogen) atoms. The van der Waals surface area contributed by atoms with Crippen molar-refractivity contribution in [2.45, 2.75) is 50.3 Å². The summed E-state index contributed by atoms with van der Waals surface area (Å²) in [6, 6.07) is 9.37. The second-order valence-corrected chi connectivity index (χ2v) is 5.85. The molecule has 1 aliphatic rings. The molecule has 2 amide bonds. The van der Waals surface area contributed by atoms with Crippen LogP contribution in [0.1, 0.15) is 31.2 Å². The van der Waals surface area contributed by atoms with Gasteiger partial charge >= 0.3 is 6.03 Å². The highest BCUT2D eigenvalue weighted by atomic mass is 16.5. The first-order valence-electron chi connectivity index (χ1n) is 7.97. The van der Waals surface area contributed by atoms with Crippen molar-refractivity contribution in [1.29, 1.82) is 0 Å². The molecule has 2 rings (SSSR count). The number of benzene rings is 1. The number of aliphatic hydroxyl groups is 1. The van der Waals surface area contributed by atoms with E-state index in [-0.39, 0.29) is 30.8 Å². The molecule has 1 aromatic rings. The largest absolute Gasteiger partial charge is 0.394 e. The van der Waals surface area contributed by atoms with Crippen LogP contribution in [0, 0.1) is 0 Å². The number of hydrogen-bond donors (Lipinski definition) is 3. The first-order chi connectivity index (χ1) is 10.7. The number of ether oxygens (including phenoxy) is 1. The molecule has 1 aromatic carbocycles. The molecule has 0 aliphatic heterocycles. The second kappa shape index (κ2) is 8.76. The highest BCUT2D eigenvalue weighted by molar-refractivity contribution is 5.74. The molecule has 5 nitrogen and oxygen atoms in total. The van der Waals surface area contributed by atoms with Crippen molar-refractivity contribution in [3.63, 3.8) is 0 Å². The third kappa shape index (κ3) is 5.00. The van der Waals surface area contributed by atoms with E-state index in [1.807, 2.05) is 30.3 Å². The van der Waals surface area contributed by atoms with Crippen molar-refractivity contribution in [2.75, 3.05) is 13.7 Å². The average Bonchev–Trinajstić information content (AvgIpc) is 2.55. The fourth-order valence-corrected chi connectivity index (χ4v) is 3.00. The van der Waals surface area contributed by atoms with Gasteiger partial charge in [0.1, 0.15) is 0 Å². The molecule has 0 heterocycles. The molecule has 1 aliphatic carbocycles. The molecule has 3 unspecified atom stereocenters. The zero-order valence-electron chi connectivity index (χ0n) is 13.1. The average molecular weight is 306 g/mol. The number of rotatable bonds is 6. The van der Waals surface area contributed by atoms with Gasteiger partial charge in [-0.15, -0.1) is 0 Å². The van der Waals surface area contributed by atoms with Crippen LogP contribution in [0.3, 0.4) is 0 Å². The normalized spacial score (nSPS) is 22.8. The Morgan fingerprint density at radius 1 is 1.32 bits per heavy atom. The van der Waals surface area contributed by atoms with Gasteiger partial charge in [0.05, 0.1) is 24.8 Å². The van der Waals surface area contributed by atoms with E-state index < -0.39 is 0 Å². The second-order valence-electron chi connectivity index (χ2n) is 5.85. The van der Waals surface area contributed by atoms with E-state index >= 15 is 0 Å². The predicted molar refractivity (Wildman–Crippen MR) is 85.7 cm³/mol. The third-order valence-electron chi connectivity index (χ3n) is 4.20. The lowest BCUT2D eigenvalue weighted by Gasteiger charge is -2.31. The topological polar surface area (TPSA) is 70.6 Å². The SMILES string of the molecule is COC1CCCCC1NC(=O)NC(CO)Cc1ccccc1. The molecule has 0 aromatic heterocycles. The Hall–Kier alpha value is -1.59. The zero-order chi connectivity index (χ0) is 15.8. The van der Waals surface area contributed by atoms with Crippen molar-refractivity contribution in [3.05, 3.63) is 35.9 Å². The van der Waals surface area contributed by atoms with Crippen molar-refractivity contribution in [3.8, 4) is 0 Å². The van der Waals surface area contributed by atoms with Crippen LogP contribution >= 0.6 is 0 Å². The van der Waals surface area contributed by atoms with Gasteiger partial charge < -0.3 is 20.5 Å². The van der Waals surface area contributed by atoms with E-state index in [0.717, 1.165) is 31.2 Å². The summed E-state index contributed by atoms with van der Waals surface area (Å²) in [6.07, 6.45) is 4.87. The Balaban J connectivity index is 1.83. The lowest BCUT2D eigenvalue weighted by atomic mass is 9.92. The molecule has 0 radical (unpaired) electrons. The highest BCUT2D eigenvalue weighted by Gasteiger charge is 2.26. The van der Waals surface area contributed by atoms with Crippen LogP contribution in [0.5, 0.6) is 0 Å². The molecule has 5 heteroatoms. The molecule has 122 valence electrons. The molecule has 0 bridgehead atoms. The van der Waals surface area contributed by atoms with Gasteiger partial charge in [-0.05, 0) is 24.8 Å². The minimum Gasteiger partial charge on any atom is -0.394 e. The minimum absolute atomic E-state index is 0.0508. The molecule has 3 N–H and O–H groups in total. The van der Waals surface area contributed by atoms with E-state index in [2.05, 4.69) is 10.6 Å². The first-order valence-corrected chi connectivity index (χ1v) is 7.97. The van der Waals surface area contributed by atoms with Crippen LogP contribution in [0.25, 0.3) is 0 Å². The molecule has 1 saturated carbocycles. The van der Waals surface area contributed by atoms with Gasteiger partial charge in [0.25, 0.3) is 0 Å². The summed E-state index contributed by atoms with van der Waals surface area (Å²) in [6.45, 7) is -0.0827. The maximum atomic E-state index is 12.1. The minimum atomic E-state index is -0.285. The van der Waals surface area contributed by atoms with E-state index in [0.29, 0.717) is 6.42 Å². The number of urea groups is 1. The third-order valence-corrected chi connectivity index (χ3v) is 4.20. The zero-order valence-corrected chi connectivity index (χ0v) is 13.1. The number of methoxy groups -OCH3 is 1. The standard InChI is InChI=1S/C17H26N2O3/c1-22-16-10-6-5-9-15(16)19-17(21)18-14(12-20)11-13-7-3-2-4-8-13/h2-4,7-8,14-16,20H,5-6,9-12H2,1H3,(H2,18,19,21). The van der Waals surface area contributed by atoms with Crippen molar-refractivity contribution < 1.29 is 14.6 Å². The van der Waals surface area contributed by atoms with E-state index in [4.69, 9.17) is 4.74 Å². The Morgan fingerprint density at radius 3 is 2.73 bits per heavy atom. The fourth-order valence-electron chi connectivity index (χ4n) is 3.00. The van der Waals surface area contributed by atoms with Crippen LogP contribution in [0.4, 0.5) is 4.79 Å². The van der Waals surface area contributed by atoms with E-state index in [1.165, 1.54) is 0 Å². The number of aliphatic hydroxyl groups excluding tert-OH is 1. The Kier molecular flexibility index (Phi) is 6.68. The molecule has 3 atom stereocenters. The van der Waals surface area contributed by atoms with Crippen LogP contribution < -0.4 is 10.6 Å². The van der Waals surface area contributed by atoms with Gasteiger partial charge in [-0.2, -0.15) is 0 Å². The maximum Gasteiger partial charge on any atom is 0.315 e. The summed E-state index contributed by atoms with van der Waals surface area (Å²) in [5.41, 5.74) is 1.09. The summed E-state index contributed by atoms with van der Waals surface area (Å²) in [4.78, 5) is 12.1. The lowest BCUT2D eigenvalue weighted by molar-refractivity contribution is 0.0449. The molecular weight excluding hydrogens is 280 g/mol. The molecule has 0 spiro atoms. The smallest absolute Gasteiger partial charge is 0.315 e. The van der Waals surface area contributed by atoms with Gasteiger partial charge in [-0.3, -0.25) is 0 Å². The first kappa shape index (κ1) is 16.8. The van der Waals surface area contributed by atoms with Crippen LogP contribution in [0.2, 0.25) is 0 Å². The van der Waals surface area contributed by atoms with Crippen molar-refractivity contribution in [2.24, 2.45) is 0 Å². The summed E-state index contributed by atoms with van der Waals surface area (Å²) < 4.78 is 5.44. The maximum absolute atomic E-state index is 12.1. The van der Waals surface area contributed by atoms with Crippen molar-refractivity contribution >= 4 is 6.03 Å². The highest BCUT2D eigenvalue weighted by Crippen LogP contribution is 2.20.